The highest BCUT2D eigenvalue weighted by atomic mass is 32.2. The molecule has 0 aliphatic heterocycles. The third-order valence-corrected chi connectivity index (χ3v) is 11.3. The molecule has 3 heteroatoms. The standard InChI is InChI=1S/C30H60S3/c1-4-7-10-13-16-19-22-31-28-25-29(32-23-20-17-14-11-8-5-2)27-30(26-28)33-24-21-18-15-12-9-6-3/h28-30H,4-27H2,1-3H3. The summed E-state index contributed by atoms with van der Waals surface area (Å²) in [4.78, 5) is 0. The van der Waals surface area contributed by atoms with E-state index >= 15 is 0 Å². The number of hydrogen-bond donors (Lipinski definition) is 0. The van der Waals surface area contributed by atoms with Crippen LogP contribution < -0.4 is 0 Å². The van der Waals surface area contributed by atoms with Gasteiger partial charge in [-0.15, -0.1) is 0 Å². The van der Waals surface area contributed by atoms with Crippen LogP contribution in [0, 0.1) is 0 Å². The summed E-state index contributed by atoms with van der Waals surface area (Å²) in [6, 6.07) is 0. The van der Waals surface area contributed by atoms with Crippen molar-refractivity contribution < 1.29 is 0 Å². The number of unbranched alkanes of at least 4 members (excludes halogenated alkanes) is 15. The van der Waals surface area contributed by atoms with Gasteiger partial charge in [0.05, 0.1) is 0 Å². The lowest BCUT2D eigenvalue weighted by atomic mass is 9.99. The van der Waals surface area contributed by atoms with Crippen LogP contribution in [0.4, 0.5) is 0 Å². The maximum atomic E-state index is 2.35. The predicted octanol–water partition coefficient (Wildman–Crippen LogP) is 11.6. The van der Waals surface area contributed by atoms with E-state index in [2.05, 4.69) is 56.1 Å². The second kappa shape index (κ2) is 24.7. The molecule has 0 amide bonds. The first-order chi connectivity index (χ1) is 16.3. The SMILES string of the molecule is CCCCCCCCSC1CC(SCCCCCCCC)CC(SCCCCCCCC)C1. The van der Waals surface area contributed by atoms with Gasteiger partial charge in [-0.25, -0.2) is 0 Å². The third-order valence-electron chi connectivity index (χ3n) is 7.13. The molecule has 0 saturated heterocycles. The normalized spacial score (nSPS) is 21.0. The third kappa shape index (κ3) is 19.9. The van der Waals surface area contributed by atoms with Crippen LogP contribution in [0.25, 0.3) is 0 Å². The average molecular weight is 517 g/mol. The van der Waals surface area contributed by atoms with Gasteiger partial charge < -0.3 is 0 Å². The van der Waals surface area contributed by atoms with Crippen molar-refractivity contribution in [2.24, 2.45) is 0 Å². The Hall–Kier alpha value is 1.05. The van der Waals surface area contributed by atoms with Crippen molar-refractivity contribution in [2.45, 2.75) is 171 Å². The van der Waals surface area contributed by atoms with Crippen LogP contribution >= 0.6 is 35.3 Å². The van der Waals surface area contributed by atoms with Gasteiger partial charge in [0.2, 0.25) is 0 Å². The lowest BCUT2D eigenvalue weighted by Gasteiger charge is -2.34. The van der Waals surface area contributed by atoms with Gasteiger partial charge in [-0.05, 0) is 55.8 Å². The van der Waals surface area contributed by atoms with Gasteiger partial charge in [-0.3, -0.25) is 0 Å². The molecule has 0 nitrogen and oxygen atoms in total. The van der Waals surface area contributed by atoms with E-state index in [-0.39, 0.29) is 0 Å². The molecule has 1 fully saturated rings. The molecule has 33 heavy (non-hydrogen) atoms. The van der Waals surface area contributed by atoms with Crippen molar-refractivity contribution in [1.82, 2.24) is 0 Å². The zero-order chi connectivity index (χ0) is 23.8. The van der Waals surface area contributed by atoms with Gasteiger partial charge in [0.15, 0.2) is 0 Å². The summed E-state index contributed by atoms with van der Waals surface area (Å²) >= 11 is 7.04. The van der Waals surface area contributed by atoms with Crippen molar-refractivity contribution in [2.75, 3.05) is 17.3 Å². The van der Waals surface area contributed by atoms with E-state index in [0.717, 1.165) is 15.7 Å². The predicted molar refractivity (Wildman–Crippen MR) is 163 cm³/mol. The number of hydrogen-bond acceptors (Lipinski definition) is 3. The highest BCUT2D eigenvalue weighted by Crippen LogP contribution is 2.40. The Morgan fingerprint density at radius 1 is 0.364 bits per heavy atom. The van der Waals surface area contributed by atoms with E-state index in [1.165, 1.54) is 152 Å². The minimum atomic E-state index is 0.943. The van der Waals surface area contributed by atoms with Gasteiger partial charge in [-0.2, -0.15) is 35.3 Å². The summed E-state index contributed by atoms with van der Waals surface area (Å²) < 4.78 is 0. The molecule has 1 rings (SSSR count). The molecule has 0 heterocycles. The molecule has 0 aromatic heterocycles. The number of thioether (sulfide) groups is 3. The van der Waals surface area contributed by atoms with Gasteiger partial charge in [0.25, 0.3) is 0 Å². The van der Waals surface area contributed by atoms with E-state index < -0.39 is 0 Å². The second-order valence-corrected chi connectivity index (χ2v) is 14.7. The minimum Gasteiger partial charge on any atom is -0.159 e. The van der Waals surface area contributed by atoms with Crippen LogP contribution in [0.3, 0.4) is 0 Å². The van der Waals surface area contributed by atoms with Crippen molar-refractivity contribution in [3.63, 3.8) is 0 Å². The van der Waals surface area contributed by atoms with Crippen LogP contribution in [-0.4, -0.2) is 33.0 Å². The molecule has 0 bridgehead atoms. The maximum Gasteiger partial charge on any atom is 0.00681 e. The molecule has 1 saturated carbocycles. The Morgan fingerprint density at radius 2 is 0.606 bits per heavy atom. The van der Waals surface area contributed by atoms with Crippen LogP contribution in [0.15, 0.2) is 0 Å². The summed E-state index contributed by atoms with van der Waals surface area (Å²) in [5.74, 6) is 4.25. The molecule has 1 aliphatic rings. The number of rotatable bonds is 24. The molecule has 0 radical (unpaired) electrons. The lowest BCUT2D eigenvalue weighted by molar-refractivity contribution is 0.538. The van der Waals surface area contributed by atoms with Gasteiger partial charge in [0.1, 0.15) is 0 Å². The smallest absolute Gasteiger partial charge is 0.00681 e. The fourth-order valence-corrected chi connectivity index (χ4v) is 9.66. The highest BCUT2D eigenvalue weighted by molar-refractivity contribution is 8.01. The molecule has 0 aromatic carbocycles. The van der Waals surface area contributed by atoms with Crippen molar-refractivity contribution in [3.05, 3.63) is 0 Å². The van der Waals surface area contributed by atoms with E-state index in [0.29, 0.717) is 0 Å². The monoisotopic (exact) mass is 516 g/mol. The summed E-state index contributed by atoms with van der Waals surface area (Å²) in [6.45, 7) is 6.96. The van der Waals surface area contributed by atoms with E-state index in [4.69, 9.17) is 0 Å². The quantitative estimate of drug-likeness (QED) is 0.117. The lowest BCUT2D eigenvalue weighted by Crippen LogP contribution is -2.29. The zero-order valence-electron chi connectivity index (χ0n) is 22.9. The Bertz CT molecular complexity index is 324. The molecular formula is C30H60S3. The maximum absolute atomic E-state index is 2.35. The van der Waals surface area contributed by atoms with Crippen LogP contribution in [0.2, 0.25) is 0 Å². The molecule has 0 atom stereocenters. The van der Waals surface area contributed by atoms with Gasteiger partial charge in [0, 0.05) is 15.7 Å². The molecule has 1 aliphatic carbocycles. The molecule has 0 spiro atoms. The van der Waals surface area contributed by atoms with Crippen molar-refractivity contribution in [3.8, 4) is 0 Å². The topological polar surface area (TPSA) is 0 Å². The molecular weight excluding hydrogens is 457 g/mol. The van der Waals surface area contributed by atoms with Gasteiger partial charge >= 0.3 is 0 Å². The highest BCUT2D eigenvalue weighted by Gasteiger charge is 2.29. The fraction of sp³-hybridized carbons (Fsp3) is 1.00. The van der Waals surface area contributed by atoms with E-state index in [9.17, 15) is 0 Å². The summed E-state index contributed by atoms with van der Waals surface area (Å²) in [5, 5.41) is 2.83. The van der Waals surface area contributed by atoms with Crippen LogP contribution in [-0.2, 0) is 0 Å². The van der Waals surface area contributed by atoms with Crippen LogP contribution in [0.5, 0.6) is 0 Å². The zero-order valence-corrected chi connectivity index (χ0v) is 25.4. The van der Waals surface area contributed by atoms with E-state index in [1.807, 2.05) is 0 Å². The Labute approximate surface area is 223 Å². The fourth-order valence-electron chi connectivity index (χ4n) is 4.97. The Balaban J connectivity index is 2.27. The Kier molecular flexibility index (Phi) is 24.0. The van der Waals surface area contributed by atoms with Crippen LogP contribution in [0.1, 0.15) is 156 Å². The summed E-state index contributed by atoms with van der Waals surface area (Å²) in [7, 11) is 0. The molecule has 0 N–H and O–H groups in total. The average Bonchev–Trinajstić information content (AvgIpc) is 2.82. The summed E-state index contributed by atoms with van der Waals surface area (Å²) in [5.41, 5.74) is 0. The Morgan fingerprint density at radius 3 is 0.879 bits per heavy atom. The van der Waals surface area contributed by atoms with E-state index in [1.54, 1.807) is 0 Å². The minimum absolute atomic E-state index is 0.943. The molecule has 0 unspecified atom stereocenters. The summed E-state index contributed by atoms with van der Waals surface area (Å²) in [6.07, 6.45) is 30.4. The second-order valence-electron chi connectivity index (χ2n) is 10.5. The molecule has 0 aromatic rings. The first kappa shape index (κ1) is 32.1. The van der Waals surface area contributed by atoms with Gasteiger partial charge in [-0.1, -0.05) is 117 Å². The molecule has 198 valence electrons. The first-order valence-electron chi connectivity index (χ1n) is 15.1. The largest absolute Gasteiger partial charge is 0.159 e. The van der Waals surface area contributed by atoms with Crippen molar-refractivity contribution in [1.29, 1.82) is 0 Å². The van der Waals surface area contributed by atoms with Crippen molar-refractivity contribution >= 4 is 35.3 Å². The first-order valence-corrected chi connectivity index (χ1v) is 18.3.